The van der Waals surface area contributed by atoms with Crippen LogP contribution in [0.15, 0.2) is 23.1 Å². The van der Waals surface area contributed by atoms with Gasteiger partial charge in [-0.05, 0) is 52.7 Å². The summed E-state index contributed by atoms with van der Waals surface area (Å²) in [6, 6.07) is 7.41. The van der Waals surface area contributed by atoms with Crippen LogP contribution in [-0.4, -0.2) is 17.0 Å². The number of aryl methyl sites for hydroxylation is 2. The topological polar surface area (TPSA) is 3.24 Å². The Kier molecular flexibility index (Phi) is 5.20. The van der Waals surface area contributed by atoms with Crippen molar-refractivity contribution in [1.29, 1.82) is 0 Å². The highest BCUT2D eigenvalue weighted by Crippen LogP contribution is 2.20. The molecule has 0 amide bonds. The Bertz CT molecular complexity index is 410. The Hall–Kier alpha value is -0.820. The van der Waals surface area contributed by atoms with Crippen LogP contribution >= 0.6 is 11.2 Å². The fourth-order valence-electron chi connectivity index (χ4n) is 1.87. The second kappa shape index (κ2) is 6.20. The summed E-state index contributed by atoms with van der Waals surface area (Å²) in [5.74, 6) is 0. The molecule has 0 spiro atoms. The van der Waals surface area contributed by atoms with E-state index in [4.69, 9.17) is 0 Å². The van der Waals surface area contributed by atoms with Crippen LogP contribution in [0.5, 0.6) is 0 Å². The predicted octanol–water partition coefficient (Wildman–Crippen LogP) is 4.43. The highest BCUT2D eigenvalue weighted by Gasteiger charge is 2.10. The fourth-order valence-corrected chi connectivity index (χ4v) is 2.94. The molecule has 94 valence electrons. The van der Waals surface area contributed by atoms with Crippen molar-refractivity contribution in [3.8, 4) is 5.31 Å². The van der Waals surface area contributed by atoms with Crippen LogP contribution < -0.4 is 0 Å². The molecule has 0 saturated heterocycles. The normalized spacial score (nSPS) is 11.1. The highest BCUT2D eigenvalue weighted by molar-refractivity contribution is 7.88. The molecule has 0 N–H and O–H groups in total. The lowest BCUT2D eigenvalue weighted by molar-refractivity contribution is 0.276. The summed E-state index contributed by atoms with van der Waals surface area (Å²) in [4.78, 5) is 3.61. The maximum absolute atomic E-state index is 3.47. The molecule has 0 aliphatic rings. The van der Waals surface area contributed by atoms with Gasteiger partial charge in [0.15, 0.2) is 0 Å². The van der Waals surface area contributed by atoms with Crippen molar-refractivity contribution >= 4 is 11.2 Å². The third-order valence-corrected chi connectivity index (χ3v) is 3.92. The van der Waals surface area contributed by atoms with Crippen LogP contribution in [0.2, 0.25) is 0 Å². The third kappa shape index (κ3) is 3.85. The minimum atomic E-state index is 0.492. The number of benzene rings is 1. The molecule has 0 aliphatic heterocycles. The zero-order valence-electron chi connectivity index (χ0n) is 11.7. The van der Waals surface area contributed by atoms with Gasteiger partial charge < -0.3 is 0 Å². The zero-order chi connectivity index (χ0) is 13.0. The van der Waals surface area contributed by atoms with Gasteiger partial charge in [-0.25, -0.2) is 4.90 Å². The Balaban J connectivity index is 3.05. The predicted molar refractivity (Wildman–Crippen MR) is 77.8 cm³/mol. The lowest BCUT2D eigenvalue weighted by Gasteiger charge is -2.23. The molecule has 1 aromatic carbocycles. The number of hydrogen-bond acceptors (Lipinski definition) is 1. The van der Waals surface area contributed by atoms with E-state index in [9.17, 15) is 0 Å². The Morgan fingerprint density at radius 3 is 1.88 bits per heavy atom. The smallest absolute Gasteiger partial charge is 0.0422 e. The molecule has 0 fully saturated rings. The van der Waals surface area contributed by atoms with E-state index in [2.05, 4.69) is 69.9 Å². The Morgan fingerprint density at radius 1 is 1.00 bits per heavy atom. The van der Waals surface area contributed by atoms with E-state index in [1.807, 2.05) is 0 Å². The highest BCUT2D eigenvalue weighted by atomic mass is 32.1. The second-order valence-corrected chi connectivity index (χ2v) is 5.80. The Morgan fingerprint density at radius 2 is 1.47 bits per heavy atom. The Labute approximate surface area is 109 Å². The van der Waals surface area contributed by atoms with E-state index < -0.39 is 0 Å². The molecule has 1 rings (SSSR count). The molecule has 0 atom stereocenters. The minimum absolute atomic E-state index is 0.492. The van der Waals surface area contributed by atoms with Crippen molar-refractivity contribution in [2.24, 2.45) is 0 Å². The summed E-state index contributed by atoms with van der Waals surface area (Å²) in [6.45, 7) is 13.1. The van der Waals surface area contributed by atoms with Crippen molar-refractivity contribution in [2.45, 2.75) is 58.5 Å². The van der Waals surface area contributed by atoms with Crippen LogP contribution in [-0.2, 0) is 0 Å². The van der Waals surface area contributed by atoms with Crippen LogP contribution in [0, 0.1) is 19.2 Å². The van der Waals surface area contributed by atoms with Crippen LogP contribution in [0.4, 0.5) is 0 Å². The van der Waals surface area contributed by atoms with Gasteiger partial charge in [-0.15, -0.1) is 0 Å². The standard InChI is InChI=1S/C15H23NS/c1-11(2)16(12(3)4)10-17-15-13(5)8-7-9-14(15)6/h7-9,11-12H,1-6H3. The summed E-state index contributed by atoms with van der Waals surface area (Å²) in [6.07, 6.45) is 0. The summed E-state index contributed by atoms with van der Waals surface area (Å²) in [5.41, 5.74) is 2.66. The van der Waals surface area contributed by atoms with Gasteiger partial charge in [-0.2, -0.15) is 0 Å². The summed E-state index contributed by atoms with van der Waals surface area (Å²) >= 11 is 1.71. The first-order valence-electron chi connectivity index (χ1n) is 6.20. The quantitative estimate of drug-likeness (QED) is 0.701. The first-order valence-corrected chi connectivity index (χ1v) is 7.02. The monoisotopic (exact) mass is 249 g/mol. The van der Waals surface area contributed by atoms with E-state index in [0.29, 0.717) is 12.1 Å². The average molecular weight is 249 g/mol. The molecule has 0 bridgehead atoms. The number of hydrogen-bond donors (Lipinski definition) is 0. The second-order valence-electron chi connectivity index (χ2n) is 5.01. The molecule has 1 aromatic rings. The third-order valence-electron chi connectivity index (χ3n) is 2.77. The fraction of sp³-hybridized carbons (Fsp3) is 0.533. The molecule has 2 heteroatoms. The van der Waals surface area contributed by atoms with Gasteiger partial charge in [0, 0.05) is 22.3 Å². The van der Waals surface area contributed by atoms with Crippen molar-refractivity contribution in [3.63, 3.8) is 0 Å². The summed E-state index contributed by atoms with van der Waals surface area (Å²) in [5, 5.41) is 3.47. The summed E-state index contributed by atoms with van der Waals surface area (Å²) in [7, 11) is 0. The van der Waals surface area contributed by atoms with Gasteiger partial charge in [0.1, 0.15) is 0 Å². The number of rotatable bonds is 2. The molecular formula is C15H23NS. The van der Waals surface area contributed by atoms with Gasteiger partial charge in [-0.1, -0.05) is 29.4 Å². The zero-order valence-corrected chi connectivity index (χ0v) is 12.6. The molecule has 0 aromatic heterocycles. The lowest BCUT2D eigenvalue weighted by atomic mass is 10.2. The average Bonchev–Trinajstić information content (AvgIpc) is 2.21. The van der Waals surface area contributed by atoms with E-state index in [-0.39, 0.29) is 0 Å². The van der Waals surface area contributed by atoms with E-state index in [0.717, 1.165) is 0 Å². The summed E-state index contributed by atoms with van der Waals surface area (Å²) < 4.78 is 0. The van der Waals surface area contributed by atoms with Gasteiger partial charge in [-0.3, -0.25) is 0 Å². The maximum atomic E-state index is 3.47. The number of nitrogens with zero attached hydrogens (tertiary/aromatic N) is 1. The van der Waals surface area contributed by atoms with Crippen LogP contribution in [0.1, 0.15) is 38.8 Å². The molecule has 0 heterocycles. The first-order chi connectivity index (χ1) is 7.93. The van der Waals surface area contributed by atoms with E-state index in [1.165, 1.54) is 16.0 Å². The van der Waals surface area contributed by atoms with Gasteiger partial charge in [0.25, 0.3) is 0 Å². The molecule has 1 nitrogen and oxygen atoms in total. The molecule has 0 aliphatic carbocycles. The minimum Gasteiger partial charge on any atom is -0.228 e. The molecular weight excluding hydrogens is 226 g/mol. The largest absolute Gasteiger partial charge is 0.228 e. The maximum Gasteiger partial charge on any atom is 0.0422 e. The van der Waals surface area contributed by atoms with Crippen LogP contribution in [0.25, 0.3) is 0 Å². The van der Waals surface area contributed by atoms with Crippen LogP contribution in [0.3, 0.4) is 0 Å². The lowest BCUT2D eigenvalue weighted by Crippen LogP contribution is -2.32. The van der Waals surface area contributed by atoms with Gasteiger partial charge in [0.2, 0.25) is 0 Å². The van der Waals surface area contributed by atoms with E-state index >= 15 is 0 Å². The SMILES string of the molecule is Cc1cccc(C)c1S#CN(C(C)C)C(C)C. The molecule has 0 saturated carbocycles. The van der Waals surface area contributed by atoms with Gasteiger partial charge in [0.05, 0.1) is 0 Å². The first kappa shape index (κ1) is 14.2. The molecule has 0 radical (unpaired) electrons. The molecule has 17 heavy (non-hydrogen) atoms. The molecule has 0 unspecified atom stereocenters. The van der Waals surface area contributed by atoms with Crippen molar-refractivity contribution in [1.82, 2.24) is 4.90 Å². The van der Waals surface area contributed by atoms with E-state index in [1.54, 1.807) is 11.2 Å². The van der Waals surface area contributed by atoms with Crippen molar-refractivity contribution in [2.75, 3.05) is 0 Å². The van der Waals surface area contributed by atoms with Gasteiger partial charge >= 0.3 is 0 Å². The van der Waals surface area contributed by atoms with Crippen molar-refractivity contribution < 1.29 is 0 Å². The van der Waals surface area contributed by atoms with Crippen molar-refractivity contribution in [3.05, 3.63) is 29.3 Å².